The molecule has 2 aromatic rings. The van der Waals surface area contributed by atoms with Crippen LogP contribution in [0.15, 0.2) is 29.2 Å². The molecule has 0 unspecified atom stereocenters. The summed E-state index contributed by atoms with van der Waals surface area (Å²) in [6.45, 7) is 5.72. The highest BCUT2D eigenvalue weighted by atomic mass is 32.2. The smallest absolute Gasteiger partial charge is 0.247 e. The van der Waals surface area contributed by atoms with E-state index in [1.54, 1.807) is 18.2 Å². The number of aromatic amines is 1. The van der Waals surface area contributed by atoms with Gasteiger partial charge < -0.3 is 4.74 Å². The quantitative estimate of drug-likeness (QED) is 0.735. The summed E-state index contributed by atoms with van der Waals surface area (Å²) in [7, 11) is -3.54. The van der Waals surface area contributed by atoms with Gasteiger partial charge in [0, 0.05) is 24.9 Å². The average Bonchev–Trinajstić information content (AvgIpc) is 3.18. The molecule has 3 heterocycles. The molecule has 0 radical (unpaired) electrons. The molecule has 2 fully saturated rings. The fourth-order valence-electron chi connectivity index (χ4n) is 4.91. The maximum absolute atomic E-state index is 13.4. The van der Waals surface area contributed by atoms with Crippen molar-refractivity contribution in [2.24, 2.45) is 0 Å². The predicted octanol–water partition coefficient (Wildman–Crippen LogP) is 4.13. The number of fused-ring (bicyclic) bond motifs is 2. The fourth-order valence-corrected chi connectivity index (χ4v) is 7.14. The lowest BCUT2D eigenvalue weighted by atomic mass is 10.0. The first kappa shape index (κ1) is 20.4. The Labute approximate surface area is 173 Å². The minimum Gasteiger partial charge on any atom is -0.490 e. The van der Waals surface area contributed by atoms with Crippen LogP contribution in [0.3, 0.4) is 0 Å². The van der Waals surface area contributed by atoms with Crippen molar-refractivity contribution in [2.75, 3.05) is 0 Å². The normalized spacial score (nSPS) is 24.7. The highest BCUT2D eigenvalue weighted by Crippen LogP contribution is 2.41. The molecule has 1 aromatic heterocycles. The molecule has 1 N–H and O–H groups in total. The summed E-state index contributed by atoms with van der Waals surface area (Å²) in [5.74, 6) is 0.882. The largest absolute Gasteiger partial charge is 0.490 e. The molecule has 0 spiro atoms. The van der Waals surface area contributed by atoms with E-state index < -0.39 is 10.0 Å². The van der Waals surface area contributed by atoms with E-state index in [2.05, 4.69) is 29.3 Å². The molecule has 4 rings (SSSR count). The zero-order valence-electron chi connectivity index (χ0n) is 17.5. The third-order valence-electron chi connectivity index (χ3n) is 6.26. The monoisotopic (exact) mass is 417 g/mol. The second kappa shape index (κ2) is 8.11. The van der Waals surface area contributed by atoms with Crippen molar-refractivity contribution in [3.05, 3.63) is 41.2 Å². The maximum Gasteiger partial charge on any atom is 0.247 e. The summed E-state index contributed by atoms with van der Waals surface area (Å²) in [5.41, 5.74) is 2.50. The van der Waals surface area contributed by atoms with Crippen LogP contribution >= 0.6 is 0 Å². The molecule has 2 bridgehead atoms. The Morgan fingerprint density at radius 2 is 1.79 bits per heavy atom. The molecule has 2 aliphatic rings. The molecular weight excluding hydrogens is 386 g/mol. The summed E-state index contributed by atoms with van der Waals surface area (Å²) >= 11 is 0. The summed E-state index contributed by atoms with van der Waals surface area (Å²) < 4.78 is 34.7. The van der Waals surface area contributed by atoms with Crippen molar-refractivity contribution in [2.45, 2.75) is 88.8 Å². The van der Waals surface area contributed by atoms with Crippen LogP contribution < -0.4 is 4.74 Å². The van der Waals surface area contributed by atoms with Gasteiger partial charge in [0.15, 0.2) is 0 Å². The maximum atomic E-state index is 13.4. The Balaban J connectivity index is 1.45. The Morgan fingerprint density at radius 3 is 2.34 bits per heavy atom. The average molecular weight is 418 g/mol. The number of hydrogen-bond acceptors (Lipinski definition) is 4. The number of unbranched alkanes of at least 4 members (excludes halogenated alkanes) is 1. The topological polar surface area (TPSA) is 75.3 Å². The Hall–Kier alpha value is -1.86. The third-order valence-corrected chi connectivity index (χ3v) is 8.53. The van der Waals surface area contributed by atoms with Gasteiger partial charge in [0.2, 0.25) is 10.0 Å². The number of hydrogen-bond donors (Lipinski definition) is 1. The number of nitrogens with one attached hydrogen (secondary N) is 1. The van der Waals surface area contributed by atoms with Gasteiger partial charge in [0.1, 0.15) is 16.7 Å². The molecule has 0 amide bonds. The SMILES string of the molecule is CCCCc1ccc(O[C@@H]2C[C@H]3CC[C@@H](C2)N3S(=O)(=O)c2c(C)n[nH]c2C)cc1. The van der Waals surface area contributed by atoms with Crippen molar-refractivity contribution in [1.29, 1.82) is 0 Å². The van der Waals surface area contributed by atoms with Crippen LogP contribution in [0.2, 0.25) is 0 Å². The van der Waals surface area contributed by atoms with E-state index in [0.29, 0.717) is 16.3 Å². The molecule has 1 aromatic carbocycles. The van der Waals surface area contributed by atoms with E-state index in [4.69, 9.17) is 4.74 Å². The molecule has 0 saturated carbocycles. The number of ether oxygens (including phenoxy) is 1. The third kappa shape index (κ3) is 3.94. The lowest BCUT2D eigenvalue weighted by Crippen LogP contribution is -2.49. The van der Waals surface area contributed by atoms with E-state index in [1.165, 1.54) is 18.4 Å². The van der Waals surface area contributed by atoms with E-state index >= 15 is 0 Å². The lowest BCUT2D eigenvalue weighted by molar-refractivity contribution is 0.0956. The predicted molar refractivity (Wildman–Crippen MR) is 113 cm³/mol. The van der Waals surface area contributed by atoms with Crippen molar-refractivity contribution >= 4 is 10.0 Å². The van der Waals surface area contributed by atoms with Gasteiger partial charge in [-0.25, -0.2) is 8.42 Å². The molecule has 2 aliphatic heterocycles. The summed E-state index contributed by atoms with van der Waals surface area (Å²) in [5, 5.41) is 6.90. The van der Waals surface area contributed by atoms with Crippen LogP contribution in [0.5, 0.6) is 5.75 Å². The van der Waals surface area contributed by atoms with Crippen molar-refractivity contribution < 1.29 is 13.2 Å². The molecule has 0 aliphatic carbocycles. The summed E-state index contributed by atoms with van der Waals surface area (Å²) in [6, 6.07) is 8.39. The number of benzene rings is 1. The van der Waals surface area contributed by atoms with Gasteiger partial charge in [0.25, 0.3) is 0 Å². The van der Waals surface area contributed by atoms with E-state index in [0.717, 1.165) is 37.9 Å². The first-order valence-corrected chi connectivity index (χ1v) is 12.1. The molecule has 6 nitrogen and oxygen atoms in total. The lowest BCUT2D eigenvalue weighted by Gasteiger charge is -2.37. The summed E-state index contributed by atoms with van der Waals surface area (Å²) in [4.78, 5) is 0.344. The minimum atomic E-state index is -3.54. The van der Waals surface area contributed by atoms with Crippen LogP contribution in [0.1, 0.15) is 62.4 Å². The summed E-state index contributed by atoms with van der Waals surface area (Å²) in [6.07, 6.45) is 6.83. The van der Waals surface area contributed by atoms with E-state index in [9.17, 15) is 8.42 Å². The van der Waals surface area contributed by atoms with Gasteiger partial charge >= 0.3 is 0 Å². The van der Waals surface area contributed by atoms with Crippen LogP contribution in [-0.2, 0) is 16.4 Å². The van der Waals surface area contributed by atoms with Gasteiger partial charge in [-0.3, -0.25) is 5.10 Å². The first-order valence-electron chi connectivity index (χ1n) is 10.7. The number of rotatable bonds is 7. The molecular formula is C22H31N3O3S. The number of H-pyrrole nitrogens is 1. The molecule has 3 atom stereocenters. The molecule has 7 heteroatoms. The van der Waals surface area contributed by atoms with Gasteiger partial charge in [-0.1, -0.05) is 25.5 Å². The minimum absolute atomic E-state index is 0.00118. The van der Waals surface area contributed by atoms with Crippen molar-refractivity contribution in [1.82, 2.24) is 14.5 Å². The van der Waals surface area contributed by atoms with Crippen LogP contribution in [0.25, 0.3) is 0 Å². The van der Waals surface area contributed by atoms with Crippen molar-refractivity contribution in [3.8, 4) is 5.75 Å². The van der Waals surface area contributed by atoms with E-state index in [1.807, 2.05) is 12.1 Å². The Bertz CT molecular complexity index is 919. The van der Waals surface area contributed by atoms with Gasteiger partial charge in [-0.05, 0) is 57.2 Å². The Morgan fingerprint density at radius 1 is 1.14 bits per heavy atom. The second-order valence-electron chi connectivity index (χ2n) is 8.44. The first-order chi connectivity index (χ1) is 13.9. The zero-order valence-corrected chi connectivity index (χ0v) is 18.3. The highest BCUT2D eigenvalue weighted by molar-refractivity contribution is 7.89. The molecule has 158 valence electrons. The number of aryl methyl sites for hydroxylation is 3. The number of nitrogens with zero attached hydrogens (tertiary/aromatic N) is 2. The number of sulfonamides is 1. The van der Waals surface area contributed by atoms with Crippen LogP contribution in [0, 0.1) is 13.8 Å². The number of piperidine rings is 1. The van der Waals surface area contributed by atoms with Gasteiger partial charge in [-0.2, -0.15) is 9.40 Å². The van der Waals surface area contributed by atoms with Crippen molar-refractivity contribution in [3.63, 3.8) is 0 Å². The Kier molecular flexibility index (Phi) is 5.71. The van der Waals surface area contributed by atoms with E-state index in [-0.39, 0.29) is 18.2 Å². The molecule has 29 heavy (non-hydrogen) atoms. The van der Waals surface area contributed by atoms with Gasteiger partial charge in [-0.15, -0.1) is 0 Å². The number of aromatic nitrogens is 2. The second-order valence-corrected chi connectivity index (χ2v) is 10.2. The standard InChI is InChI=1S/C22H31N3O3S/c1-4-5-6-17-7-11-20(12-8-17)28-21-13-18-9-10-19(14-21)25(18)29(26,27)22-15(2)23-24-16(22)3/h7-8,11-12,18-19,21H,4-6,9-10,13-14H2,1-3H3,(H,23,24)/t18-,19+,21-. The highest BCUT2D eigenvalue weighted by Gasteiger charge is 2.48. The van der Waals surface area contributed by atoms with Crippen LogP contribution in [-0.4, -0.2) is 41.1 Å². The van der Waals surface area contributed by atoms with Gasteiger partial charge in [0.05, 0.1) is 11.4 Å². The fraction of sp³-hybridized carbons (Fsp3) is 0.591. The van der Waals surface area contributed by atoms with Crippen LogP contribution in [0.4, 0.5) is 0 Å². The zero-order chi connectivity index (χ0) is 20.6. The molecule has 2 saturated heterocycles.